The summed E-state index contributed by atoms with van der Waals surface area (Å²) < 4.78 is 10.4. The van der Waals surface area contributed by atoms with Crippen LogP contribution in [0.15, 0.2) is 24.3 Å². The number of rotatable bonds is 5. The lowest BCUT2D eigenvalue weighted by Gasteiger charge is -2.35. The minimum Gasteiger partial charge on any atom is -0.497 e. The van der Waals surface area contributed by atoms with E-state index in [-0.39, 0.29) is 23.0 Å². The number of esters is 1. The van der Waals surface area contributed by atoms with Gasteiger partial charge in [0, 0.05) is 18.6 Å². The first-order valence-electron chi connectivity index (χ1n) is 7.58. The standard InChI is InChI=1S/C16H22N2O4/c1-3-22-16(20)12-18(10-5-4-9-15(19)17-18)13-7-6-8-14(11-13)21-2/h6-8,11H,3-5,9-10,12H2,1-2H3/p+1. The molecule has 0 saturated carbocycles. The van der Waals surface area contributed by atoms with Gasteiger partial charge in [0.05, 0.1) is 13.7 Å². The molecule has 1 heterocycles. The molecule has 1 N–H and O–H groups in total. The summed E-state index contributed by atoms with van der Waals surface area (Å²) >= 11 is 0. The van der Waals surface area contributed by atoms with Crippen molar-refractivity contribution in [1.82, 2.24) is 10.0 Å². The number of methoxy groups -OCH3 is 1. The van der Waals surface area contributed by atoms with Gasteiger partial charge in [-0.3, -0.25) is 4.79 Å². The molecule has 1 unspecified atom stereocenters. The van der Waals surface area contributed by atoms with Crippen LogP contribution in [0.3, 0.4) is 0 Å². The number of ether oxygens (including phenoxy) is 2. The summed E-state index contributed by atoms with van der Waals surface area (Å²) in [6.45, 7) is 2.82. The Hall–Kier alpha value is -2.08. The van der Waals surface area contributed by atoms with Crippen molar-refractivity contribution >= 4 is 17.6 Å². The van der Waals surface area contributed by atoms with Gasteiger partial charge in [0.15, 0.2) is 5.69 Å². The van der Waals surface area contributed by atoms with Crippen LogP contribution in [0.1, 0.15) is 26.2 Å². The Morgan fingerprint density at radius 3 is 2.91 bits per heavy atom. The highest BCUT2D eigenvalue weighted by Gasteiger charge is 2.38. The maximum atomic E-state index is 12.1. The minimum absolute atomic E-state index is 0.0513. The predicted molar refractivity (Wildman–Crippen MR) is 83.1 cm³/mol. The van der Waals surface area contributed by atoms with Crippen LogP contribution in [0.25, 0.3) is 0 Å². The zero-order chi connectivity index (χ0) is 16.0. The molecule has 22 heavy (non-hydrogen) atoms. The SMILES string of the molecule is CCOC(=O)C[N+]1(c2cccc(OC)c2)CCCCC(=O)N1. The van der Waals surface area contributed by atoms with Crippen LogP contribution in [0, 0.1) is 0 Å². The van der Waals surface area contributed by atoms with Crippen molar-refractivity contribution in [2.75, 3.05) is 26.8 Å². The highest BCUT2D eigenvalue weighted by atomic mass is 16.5. The first-order chi connectivity index (χ1) is 10.6. The van der Waals surface area contributed by atoms with Crippen molar-refractivity contribution in [2.45, 2.75) is 26.2 Å². The van der Waals surface area contributed by atoms with E-state index in [2.05, 4.69) is 5.43 Å². The second-order valence-corrected chi connectivity index (χ2v) is 5.35. The van der Waals surface area contributed by atoms with Gasteiger partial charge in [0.2, 0.25) is 6.54 Å². The van der Waals surface area contributed by atoms with Crippen molar-refractivity contribution in [3.8, 4) is 5.75 Å². The molecule has 0 spiro atoms. The zero-order valence-electron chi connectivity index (χ0n) is 13.1. The van der Waals surface area contributed by atoms with Crippen LogP contribution < -0.4 is 14.8 Å². The molecule has 1 fully saturated rings. The van der Waals surface area contributed by atoms with E-state index in [4.69, 9.17) is 9.47 Å². The molecule has 2 rings (SSSR count). The highest BCUT2D eigenvalue weighted by molar-refractivity contribution is 5.80. The van der Waals surface area contributed by atoms with Crippen LogP contribution in [-0.4, -0.2) is 38.7 Å². The predicted octanol–water partition coefficient (Wildman–Crippen LogP) is 1.78. The monoisotopic (exact) mass is 307 g/mol. The number of quaternary nitrogens is 1. The van der Waals surface area contributed by atoms with Gasteiger partial charge in [-0.05, 0) is 25.8 Å². The molecule has 1 aromatic rings. The summed E-state index contributed by atoms with van der Waals surface area (Å²) in [6.07, 6.45) is 2.15. The quantitative estimate of drug-likeness (QED) is 0.665. The third-order valence-corrected chi connectivity index (χ3v) is 3.78. The van der Waals surface area contributed by atoms with Crippen LogP contribution in [0.4, 0.5) is 5.69 Å². The van der Waals surface area contributed by atoms with Crippen molar-refractivity contribution < 1.29 is 19.1 Å². The first kappa shape index (κ1) is 16.3. The molecule has 1 aromatic carbocycles. The molecule has 1 aliphatic rings. The molecule has 6 heteroatoms. The zero-order valence-corrected chi connectivity index (χ0v) is 13.1. The van der Waals surface area contributed by atoms with Crippen LogP contribution >= 0.6 is 0 Å². The van der Waals surface area contributed by atoms with Gasteiger partial charge in [0.25, 0.3) is 5.91 Å². The van der Waals surface area contributed by atoms with Crippen LogP contribution in [-0.2, 0) is 14.3 Å². The molecule has 1 aliphatic heterocycles. The number of nitrogens with zero attached hydrogens (tertiary/aromatic N) is 1. The number of benzene rings is 1. The van der Waals surface area contributed by atoms with Gasteiger partial charge in [-0.1, -0.05) is 6.07 Å². The minimum atomic E-state index is -0.326. The summed E-state index contributed by atoms with van der Waals surface area (Å²) in [5.41, 5.74) is 3.81. The topological polar surface area (TPSA) is 64.6 Å². The van der Waals surface area contributed by atoms with Gasteiger partial charge < -0.3 is 9.47 Å². The smallest absolute Gasteiger partial charge is 0.364 e. The second-order valence-electron chi connectivity index (χ2n) is 5.35. The Kier molecular flexibility index (Phi) is 5.38. The summed E-state index contributed by atoms with van der Waals surface area (Å²) in [4.78, 5) is 24.1. The van der Waals surface area contributed by atoms with E-state index in [1.807, 2.05) is 24.3 Å². The number of amides is 1. The Morgan fingerprint density at radius 2 is 2.18 bits per heavy atom. The van der Waals surface area contributed by atoms with Gasteiger partial charge in [-0.25, -0.2) is 4.79 Å². The Bertz CT molecular complexity index is 547. The highest BCUT2D eigenvalue weighted by Crippen LogP contribution is 2.28. The third kappa shape index (κ3) is 3.76. The average Bonchev–Trinajstić information content (AvgIpc) is 2.70. The molecule has 0 aliphatic carbocycles. The molecule has 120 valence electrons. The van der Waals surface area contributed by atoms with Crippen LogP contribution in [0.2, 0.25) is 0 Å². The molecular formula is C16H23N2O4+. The number of hydrogen-bond donors (Lipinski definition) is 1. The fraction of sp³-hybridized carbons (Fsp3) is 0.500. The van der Waals surface area contributed by atoms with E-state index in [9.17, 15) is 9.59 Å². The fourth-order valence-electron chi connectivity index (χ4n) is 2.73. The van der Waals surface area contributed by atoms with E-state index >= 15 is 0 Å². The maximum absolute atomic E-state index is 12.1. The lowest BCUT2D eigenvalue weighted by atomic mass is 10.2. The Labute approximate surface area is 130 Å². The van der Waals surface area contributed by atoms with Crippen LogP contribution in [0.5, 0.6) is 5.75 Å². The lowest BCUT2D eigenvalue weighted by Crippen LogP contribution is -2.63. The van der Waals surface area contributed by atoms with Crippen molar-refractivity contribution in [3.05, 3.63) is 24.3 Å². The maximum Gasteiger partial charge on any atom is 0.364 e. The number of carbonyl (C=O) groups excluding carboxylic acids is 2. The van der Waals surface area contributed by atoms with E-state index in [1.165, 1.54) is 0 Å². The van der Waals surface area contributed by atoms with Gasteiger partial charge in [-0.2, -0.15) is 10.0 Å². The van der Waals surface area contributed by atoms with E-state index in [0.717, 1.165) is 18.5 Å². The molecule has 1 saturated heterocycles. The molecule has 0 radical (unpaired) electrons. The van der Waals surface area contributed by atoms with Crippen molar-refractivity contribution in [3.63, 3.8) is 0 Å². The van der Waals surface area contributed by atoms with Gasteiger partial charge in [-0.15, -0.1) is 0 Å². The third-order valence-electron chi connectivity index (χ3n) is 3.78. The fourth-order valence-corrected chi connectivity index (χ4v) is 2.73. The lowest BCUT2D eigenvalue weighted by molar-refractivity contribution is -0.145. The Balaban J connectivity index is 2.38. The van der Waals surface area contributed by atoms with Crippen molar-refractivity contribution in [1.29, 1.82) is 0 Å². The summed E-state index contributed by atoms with van der Waals surface area (Å²) in [7, 11) is 1.59. The Morgan fingerprint density at radius 1 is 1.36 bits per heavy atom. The molecule has 0 aromatic heterocycles. The van der Waals surface area contributed by atoms with E-state index in [0.29, 0.717) is 25.3 Å². The van der Waals surface area contributed by atoms with E-state index < -0.39 is 0 Å². The molecule has 1 atom stereocenters. The van der Waals surface area contributed by atoms with Gasteiger partial charge >= 0.3 is 5.97 Å². The summed E-state index contributed by atoms with van der Waals surface area (Å²) in [5.74, 6) is 0.314. The first-order valence-corrected chi connectivity index (χ1v) is 7.58. The number of nitrogens with one attached hydrogen (secondary N) is 1. The second kappa shape index (κ2) is 7.26. The summed E-state index contributed by atoms with van der Waals surface area (Å²) in [6, 6.07) is 7.44. The molecule has 6 nitrogen and oxygen atoms in total. The van der Waals surface area contributed by atoms with Gasteiger partial charge in [0.1, 0.15) is 12.3 Å². The largest absolute Gasteiger partial charge is 0.497 e. The molecule has 0 bridgehead atoms. The summed E-state index contributed by atoms with van der Waals surface area (Å²) in [5, 5.41) is 0. The van der Waals surface area contributed by atoms with E-state index in [1.54, 1.807) is 14.0 Å². The molecule has 1 amide bonds. The normalized spacial score (nSPS) is 21.6. The number of hydrogen-bond acceptors (Lipinski definition) is 4. The van der Waals surface area contributed by atoms with Crippen molar-refractivity contribution in [2.24, 2.45) is 0 Å². The average molecular weight is 307 g/mol. The number of carbonyl (C=O) groups is 2. The molecular weight excluding hydrogens is 284 g/mol.